The molecular weight excluding hydrogens is 418 g/mol. The average Bonchev–Trinajstić information content (AvgIpc) is 3.46. The lowest BCUT2D eigenvalue weighted by atomic mass is 9.91. The maximum atomic E-state index is 14.5. The van der Waals surface area contributed by atoms with Crippen molar-refractivity contribution in [3.8, 4) is 11.5 Å². The van der Waals surface area contributed by atoms with E-state index in [0.717, 1.165) is 57.6 Å². The number of hydrogen-bond acceptors (Lipinski definition) is 6. The number of carbonyl (C=O) groups excluding carboxylic acids is 1. The number of aromatic nitrogens is 5. The summed E-state index contributed by atoms with van der Waals surface area (Å²) in [6.45, 7) is 1.60. The summed E-state index contributed by atoms with van der Waals surface area (Å²) in [5, 5.41) is 13.5. The van der Waals surface area contributed by atoms with Crippen molar-refractivity contribution in [3.05, 3.63) is 30.1 Å². The molecule has 2 atom stereocenters. The zero-order chi connectivity index (χ0) is 22.1. The first-order chi connectivity index (χ1) is 15.6. The van der Waals surface area contributed by atoms with E-state index in [1.807, 2.05) is 4.90 Å². The molecule has 0 bridgehead atoms. The number of halogens is 2. The number of H-pyrrole nitrogens is 1. The second-order valence-electron chi connectivity index (χ2n) is 8.36. The molecule has 0 spiro atoms. The number of rotatable bonds is 4. The molecule has 2 amide bonds. The Hall–Kier alpha value is -3.37. The molecule has 1 aliphatic carbocycles. The van der Waals surface area contributed by atoms with Crippen molar-refractivity contribution in [2.45, 2.75) is 50.6 Å². The molecule has 2 aliphatic rings. The largest absolute Gasteiger partial charge is 0.365 e. The van der Waals surface area contributed by atoms with Gasteiger partial charge in [-0.2, -0.15) is 5.10 Å². The Labute approximate surface area is 183 Å². The maximum absolute atomic E-state index is 14.5. The molecule has 3 N–H and O–H groups in total. The summed E-state index contributed by atoms with van der Waals surface area (Å²) in [7, 11) is 0. The molecule has 1 saturated heterocycles. The van der Waals surface area contributed by atoms with E-state index in [0.29, 0.717) is 23.1 Å². The lowest BCUT2D eigenvalue weighted by Gasteiger charge is -2.32. The van der Waals surface area contributed by atoms with E-state index in [1.165, 1.54) is 6.07 Å². The SMILES string of the molecule is O=C(NC1CCCC(Nc2nc(-c3[nH]nc4ncc(F)cc34)ncc2F)C1)N1CCCC1. The molecule has 4 heterocycles. The molecule has 3 aromatic heterocycles. The quantitative estimate of drug-likeness (QED) is 0.572. The minimum Gasteiger partial charge on any atom is -0.365 e. The van der Waals surface area contributed by atoms with Crippen LogP contribution in [0, 0.1) is 11.6 Å². The third-order valence-electron chi connectivity index (χ3n) is 6.08. The van der Waals surface area contributed by atoms with Crippen molar-refractivity contribution < 1.29 is 13.6 Å². The van der Waals surface area contributed by atoms with Crippen LogP contribution in [0.25, 0.3) is 22.6 Å². The first kappa shape index (κ1) is 20.5. The van der Waals surface area contributed by atoms with E-state index in [-0.39, 0.29) is 29.8 Å². The van der Waals surface area contributed by atoms with Gasteiger partial charge in [0.1, 0.15) is 11.5 Å². The van der Waals surface area contributed by atoms with E-state index >= 15 is 0 Å². The molecule has 5 rings (SSSR count). The molecule has 32 heavy (non-hydrogen) atoms. The Kier molecular flexibility index (Phi) is 5.54. The number of likely N-dealkylation sites (tertiary alicyclic amines) is 1. The highest BCUT2D eigenvalue weighted by molar-refractivity contribution is 5.88. The van der Waals surface area contributed by atoms with Crippen molar-refractivity contribution in [1.82, 2.24) is 35.4 Å². The van der Waals surface area contributed by atoms with E-state index < -0.39 is 11.6 Å². The van der Waals surface area contributed by atoms with Crippen molar-refractivity contribution in [2.75, 3.05) is 18.4 Å². The van der Waals surface area contributed by atoms with Gasteiger partial charge in [0, 0.05) is 25.2 Å². The van der Waals surface area contributed by atoms with Crippen LogP contribution in [-0.4, -0.2) is 61.3 Å². The normalized spacial score (nSPS) is 21.1. The Morgan fingerprint density at radius 2 is 1.91 bits per heavy atom. The Bertz CT molecular complexity index is 1130. The van der Waals surface area contributed by atoms with Crippen LogP contribution in [0.2, 0.25) is 0 Å². The summed E-state index contributed by atoms with van der Waals surface area (Å²) in [5.74, 6) is -0.827. The van der Waals surface area contributed by atoms with Gasteiger partial charge in [-0.25, -0.2) is 28.5 Å². The minimum absolute atomic E-state index is 0.0179. The number of nitrogens with zero attached hydrogens (tertiary/aromatic N) is 5. The number of amides is 2. The van der Waals surface area contributed by atoms with Crippen LogP contribution in [0.1, 0.15) is 38.5 Å². The summed E-state index contributed by atoms with van der Waals surface area (Å²) in [5.41, 5.74) is 0.696. The topological polar surface area (TPSA) is 112 Å². The van der Waals surface area contributed by atoms with Crippen LogP contribution in [0.4, 0.5) is 19.4 Å². The van der Waals surface area contributed by atoms with Gasteiger partial charge in [-0.3, -0.25) is 5.10 Å². The Morgan fingerprint density at radius 3 is 2.75 bits per heavy atom. The lowest BCUT2D eigenvalue weighted by Crippen LogP contribution is -2.47. The summed E-state index contributed by atoms with van der Waals surface area (Å²) >= 11 is 0. The number of urea groups is 1. The number of nitrogens with one attached hydrogen (secondary N) is 3. The van der Waals surface area contributed by atoms with E-state index in [4.69, 9.17) is 0 Å². The molecule has 168 valence electrons. The smallest absolute Gasteiger partial charge is 0.317 e. The summed E-state index contributed by atoms with van der Waals surface area (Å²) in [6.07, 6.45) is 7.59. The van der Waals surface area contributed by atoms with Gasteiger partial charge in [0.05, 0.1) is 17.8 Å². The highest BCUT2D eigenvalue weighted by Crippen LogP contribution is 2.27. The Morgan fingerprint density at radius 1 is 1.09 bits per heavy atom. The van der Waals surface area contributed by atoms with Gasteiger partial charge in [-0.1, -0.05) is 0 Å². The number of hydrogen-bond donors (Lipinski definition) is 3. The van der Waals surface area contributed by atoms with Crippen LogP contribution in [0.15, 0.2) is 18.5 Å². The van der Waals surface area contributed by atoms with E-state index in [2.05, 4.69) is 35.8 Å². The van der Waals surface area contributed by atoms with Crippen LogP contribution in [0.5, 0.6) is 0 Å². The third kappa shape index (κ3) is 4.19. The Balaban J connectivity index is 1.30. The zero-order valence-electron chi connectivity index (χ0n) is 17.4. The van der Waals surface area contributed by atoms with Crippen LogP contribution >= 0.6 is 0 Å². The predicted octanol–water partition coefficient (Wildman–Crippen LogP) is 3.22. The molecule has 3 aromatic rings. The van der Waals surface area contributed by atoms with Crippen molar-refractivity contribution in [1.29, 1.82) is 0 Å². The number of carbonyl (C=O) groups is 1. The fraction of sp³-hybridized carbons (Fsp3) is 0.476. The fourth-order valence-corrected chi connectivity index (χ4v) is 4.46. The van der Waals surface area contributed by atoms with Crippen molar-refractivity contribution >= 4 is 22.9 Å². The van der Waals surface area contributed by atoms with Gasteiger partial charge < -0.3 is 15.5 Å². The van der Waals surface area contributed by atoms with Gasteiger partial charge in [0.25, 0.3) is 0 Å². The number of aromatic amines is 1. The molecule has 2 fully saturated rings. The van der Waals surface area contributed by atoms with Crippen LogP contribution in [0.3, 0.4) is 0 Å². The highest BCUT2D eigenvalue weighted by Gasteiger charge is 2.27. The molecule has 1 saturated carbocycles. The zero-order valence-corrected chi connectivity index (χ0v) is 17.4. The number of pyridine rings is 1. The molecular formula is C21H24F2N8O. The molecule has 1 aliphatic heterocycles. The molecule has 0 radical (unpaired) electrons. The van der Waals surface area contributed by atoms with Crippen molar-refractivity contribution in [3.63, 3.8) is 0 Å². The van der Waals surface area contributed by atoms with Gasteiger partial charge in [-0.05, 0) is 44.6 Å². The summed E-state index contributed by atoms with van der Waals surface area (Å²) in [4.78, 5) is 26.5. The molecule has 2 unspecified atom stereocenters. The predicted molar refractivity (Wildman–Crippen MR) is 114 cm³/mol. The standard InChI is InChI=1S/C21H24F2N8O/c22-12-8-15-17(29-30-18(15)24-10-12)20-25-11-16(23)19(28-20)26-13-4-3-5-14(9-13)27-21(32)31-6-1-2-7-31/h8,10-11,13-14H,1-7,9H2,(H,27,32)(H,24,29,30)(H,25,26,28). The second kappa shape index (κ2) is 8.64. The first-order valence-corrected chi connectivity index (χ1v) is 10.9. The van der Waals surface area contributed by atoms with Gasteiger partial charge in [0.2, 0.25) is 0 Å². The van der Waals surface area contributed by atoms with Crippen LogP contribution in [-0.2, 0) is 0 Å². The lowest BCUT2D eigenvalue weighted by molar-refractivity contribution is 0.199. The maximum Gasteiger partial charge on any atom is 0.317 e. The van der Waals surface area contributed by atoms with Gasteiger partial charge in [0.15, 0.2) is 23.1 Å². The summed E-state index contributed by atoms with van der Waals surface area (Å²) in [6, 6.07) is 1.26. The molecule has 9 nitrogen and oxygen atoms in total. The first-order valence-electron chi connectivity index (χ1n) is 10.9. The molecule has 0 aromatic carbocycles. The van der Waals surface area contributed by atoms with E-state index in [1.54, 1.807) is 0 Å². The number of anilines is 1. The monoisotopic (exact) mass is 442 g/mol. The average molecular weight is 442 g/mol. The number of fused-ring (bicyclic) bond motifs is 1. The highest BCUT2D eigenvalue weighted by atomic mass is 19.1. The molecule has 11 heteroatoms. The van der Waals surface area contributed by atoms with E-state index in [9.17, 15) is 13.6 Å². The van der Waals surface area contributed by atoms with Gasteiger partial charge >= 0.3 is 6.03 Å². The minimum atomic E-state index is -0.579. The fourth-order valence-electron chi connectivity index (χ4n) is 4.46. The summed E-state index contributed by atoms with van der Waals surface area (Å²) < 4.78 is 28.1. The second-order valence-corrected chi connectivity index (χ2v) is 8.36. The van der Waals surface area contributed by atoms with Crippen molar-refractivity contribution in [2.24, 2.45) is 0 Å². The van der Waals surface area contributed by atoms with Crippen LogP contribution < -0.4 is 10.6 Å². The third-order valence-corrected chi connectivity index (χ3v) is 6.08. The van der Waals surface area contributed by atoms with Gasteiger partial charge in [-0.15, -0.1) is 0 Å².